The lowest BCUT2D eigenvalue weighted by Gasteiger charge is -2.14. The van der Waals surface area contributed by atoms with Gasteiger partial charge >= 0.3 is 0 Å². The Labute approximate surface area is 214 Å². The summed E-state index contributed by atoms with van der Waals surface area (Å²) in [5, 5.41) is 6.32. The number of benzene rings is 3. The standard InChI is InChI=1S/C31H34N4O/c1-3-4-5-6-13-22-36-28-20-18-25(19-21-28)24-32-35(2)31-33-29(26-14-9-7-10-15-26)23-30(34-31)27-16-11-8-12-17-27/h7-12,14-21,23-24H,3-6,13,22H2,1-2H3/b32-24+. The van der Waals surface area contributed by atoms with Crippen LogP contribution in [-0.2, 0) is 0 Å². The van der Waals surface area contributed by atoms with Crippen LogP contribution in [0.2, 0.25) is 0 Å². The van der Waals surface area contributed by atoms with Gasteiger partial charge in [-0.15, -0.1) is 0 Å². The molecule has 0 aliphatic heterocycles. The summed E-state index contributed by atoms with van der Waals surface area (Å²) in [6.07, 6.45) is 7.99. The van der Waals surface area contributed by atoms with Crippen molar-refractivity contribution in [2.75, 3.05) is 18.7 Å². The minimum atomic E-state index is 0.537. The van der Waals surface area contributed by atoms with E-state index in [1.54, 1.807) is 5.01 Å². The fourth-order valence-corrected chi connectivity index (χ4v) is 3.84. The van der Waals surface area contributed by atoms with Gasteiger partial charge in [-0.2, -0.15) is 5.10 Å². The molecule has 0 aliphatic rings. The van der Waals surface area contributed by atoms with Crippen molar-refractivity contribution in [2.45, 2.75) is 39.0 Å². The van der Waals surface area contributed by atoms with Crippen LogP contribution in [0.5, 0.6) is 5.75 Å². The van der Waals surface area contributed by atoms with Gasteiger partial charge < -0.3 is 4.74 Å². The van der Waals surface area contributed by atoms with Crippen LogP contribution >= 0.6 is 0 Å². The quantitative estimate of drug-likeness (QED) is 0.119. The van der Waals surface area contributed by atoms with Gasteiger partial charge in [0.2, 0.25) is 5.95 Å². The molecule has 4 aromatic rings. The predicted molar refractivity (Wildman–Crippen MR) is 150 cm³/mol. The van der Waals surface area contributed by atoms with Gasteiger partial charge in [-0.3, -0.25) is 0 Å². The summed E-state index contributed by atoms with van der Waals surface area (Å²) < 4.78 is 5.87. The maximum Gasteiger partial charge on any atom is 0.247 e. The molecule has 0 radical (unpaired) electrons. The van der Waals surface area contributed by atoms with Crippen molar-refractivity contribution < 1.29 is 4.74 Å². The first-order chi connectivity index (χ1) is 17.7. The second-order valence-corrected chi connectivity index (χ2v) is 8.77. The van der Waals surface area contributed by atoms with E-state index < -0.39 is 0 Å². The molecule has 1 aromatic heterocycles. The second-order valence-electron chi connectivity index (χ2n) is 8.77. The van der Waals surface area contributed by atoms with E-state index in [9.17, 15) is 0 Å². The first-order valence-electron chi connectivity index (χ1n) is 12.7. The first kappa shape index (κ1) is 25.1. The molecular weight excluding hydrogens is 444 g/mol. The van der Waals surface area contributed by atoms with Crippen molar-refractivity contribution >= 4 is 12.2 Å². The summed E-state index contributed by atoms with van der Waals surface area (Å²) in [5.41, 5.74) is 4.78. The van der Waals surface area contributed by atoms with E-state index in [1.807, 2.05) is 80.0 Å². The average molecular weight is 479 g/mol. The summed E-state index contributed by atoms with van der Waals surface area (Å²) in [7, 11) is 1.87. The molecule has 3 aromatic carbocycles. The highest BCUT2D eigenvalue weighted by Gasteiger charge is 2.11. The molecule has 0 fully saturated rings. The fraction of sp³-hybridized carbons (Fsp3) is 0.258. The van der Waals surface area contributed by atoms with E-state index >= 15 is 0 Å². The van der Waals surface area contributed by atoms with E-state index in [-0.39, 0.29) is 0 Å². The van der Waals surface area contributed by atoms with E-state index in [2.05, 4.69) is 36.3 Å². The van der Waals surface area contributed by atoms with Gasteiger partial charge in [0.25, 0.3) is 0 Å². The van der Waals surface area contributed by atoms with Crippen molar-refractivity contribution in [1.29, 1.82) is 0 Å². The highest BCUT2D eigenvalue weighted by atomic mass is 16.5. The minimum absolute atomic E-state index is 0.537. The predicted octanol–water partition coefficient (Wildman–Crippen LogP) is 7.63. The molecule has 4 rings (SSSR count). The highest BCUT2D eigenvalue weighted by Crippen LogP contribution is 2.26. The van der Waals surface area contributed by atoms with E-state index in [0.717, 1.165) is 46.9 Å². The average Bonchev–Trinajstić information content (AvgIpc) is 2.95. The van der Waals surface area contributed by atoms with Crippen LogP contribution in [0.3, 0.4) is 0 Å². The normalized spacial score (nSPS) is 11.1. The van der Waals surface area contributed by atoms with Crippen LogP contribution in [0.25, 0.3) is 22.5 Å². The van der Waals surface area contributed by atoms with Crippen molar-refractivity contribution in [3.8, 4) is 28.3 Å². The van der Waals surface area contributed by atoms with E-state index in [1.165, 1.54) is 25.7 Å². The first-order valence-corrected chi connectivity index (χ1v) is 12.7. The Bertz CT molecular complexity index is 1170. The Hall–Kier alpha value is -3.99. The van der Waals surface area contributed by atoms with Gasteiger partial charge in [0, 0.05) is 18.2 Å². The largest absolute Gasteiger partial charge is 0.494 e. The number of ether oxygens (including phenoxy) is 1. The number of nitrogens with zero attached hydrogens (tertiary/aromatic N) is 4. The monoisotopic (exact) mass is 478 g/mol. The zero-order valence-electron chi connectivity index (χ0n) is 21.2. The lowest BCUT2D eigenvalue weighted by atomic mass is 10.1. The Morgan fingerprint density at radius 1 is 0.750 bits per heavy atom. The van der Waals surface area contributed by atoms with Gasteiger partial charge in [0.15, 0.2) is 0 Å². The molecule has 36 heavy (non-hydrogen) atoms. The van der Waals surface area contributed by atoms with Crippen LogP contribution < -0.4 is 9.75 Å². The smallest absolute Gasteiger partial charge is 0.247 e. The van der Waals surface area contributed by atoms with Crippen LogP contribution in [0.15, 0.2) is 96.1 Å². The third-order valence-electron chi connectivity index (χ3n) is 5.92. The van der Waals surface area contributed by atoms with Crippen molar-refractivity contribution in [1.82, 2.24) is 9.97 Å². The fourth-order valence-electron chi connectivity index (χ4n) is 3.84. The van der Waals surface area contributed by atoms with Crippen LogP contribution in [0.1, 0.15) is 44.6 Å². The topological polar surface area (TPSA) is 50.6 Å². The Balaban J connectivity index is 1.46. The van der Waals surface area contributed by atoms with E-state index in [0.29, 0.717) is 5.95 Å². The van der Waals surface area contributed by atoms with Gasteiger partial charge in [-0.1, -0.05) is 93.3 Å². The number of hydrazone groups is 1. The number of unbranched alkanes of at least 4 members (excludes halogenated alkanes) is 4. The summed E-state index contributed by atoms with van der Waals surface area (Å²) in [5.74, 6) is 1.43. The third kappa shape index (κ3) is 7.25. The Morgan fingerprint density at radius 3 is 1.92 bits per heavy atom. The lowest BCUT2D eigenvalue weighted by Crippen LogP contribution is -2.13. The maximum absolute atomic E-state index is 5.87. The molecule has 0 bridgehead atoms. The molecule has 0 amide bonds. The molecule has 0 N–H and O–H groups in total. The number of hydrogen-bond acceptors (Lipinski definition) is 5. The molecule has 0 aliphatic carbocycles. The van der Waals surface area contributed by atoms with Crippen molar-refractivity contribution in [3.63, 3.8) is 0 Å². The van der Waals surface area contributed by atoms with Crippen molar-refractivity contribution in [3.05, 3.63) is 96.6 Å². The van der Waals surface area contributed by atoms with Crippen LogP contribution in [0, 0.1) is 0 Å². The number of hydrogen-bond donors (Lipinski definition) is 0. The molecular formula is C31H34N4O. The van der Waals surface area contributed by atoms with Crippen molar-refractivity contribution in [2.24, 2.45) is 5.10 Å². The molecule has 5 nitrogen and oxygen atoms in total. The van der Waals surface area contributed by atoms with Gasteiger partial charge in [0.05, 0.1) is 24.2 Å². The summed E-state index contributed by atoms with van der Waals surface area (Å²) in [4.78, 5) is 9.59. The molecule has 0 atom stereocenters. The summed E-state index contributed by atoms with van der Waals surface area (Å²) in [6, 6.07) is 30.3. The Morgan fingerprint density at radius 2 is 1.33 bits per heavy atom. The Kier molecular flexibility index (Phi) is 9.20. The van der Waals surface area contributed by atoms with E-state index in [4.69, 9.17) is 14.7 Å². The molecule has 5 heteroatoms. The molecule has 0 saturated carbocycles. The van der Waals surface area contributed by atoms with Crippen LogP contribution in [-0.4, -0.2) is 29.8 Å². The lowest BCUT2D eigenvalue weighted by molar-refractivity contribution is 0.304. The summed E-state index contributed by atoms with van der Waals surface area (Å²) in [6.45, 7) is 2.99. The zero-order chi connectivity index (χ0) is 25.0. The second kappa shape index (κ2) is 13.2. The number of rotatable bonds is 12. The van der Waals surface area contributed by atoms with Gasteiger partial charge in [-0.25, -0.2) is 15.0 Å². The van der Waals surface area contributed by atoms with Gasteiger partial charge in [-0.05, 0) is 42.3 Å². The molecule has 0 spiro atoms. The highest BCUT2D eigenvalue weighted by molar-refractivity contribution is 5.80. The zero-order valence-corrected chi connectivity index (χ0v) is 21.2. The molecule has 0 unspecified atom stereocenters. The third-order valence-corrected chi connectivity index (χ3v) is 5.92. The SMILES string of the molecule is CCCCCCCOc1ccc(/C=N/N(C)c2nc(-c3ccccc3)cc(-c3ccccc3)n2)cc1. The van der Waals surface area contributed by atoms with Gasteiger partial charge in [0.1, 0.15) is 5.75 Å². The molecule has 0 saturated heterocycles. The van der Waals surface area contributed by atoms with Crippen LogP contribution in [0.4, 0.5) is 5.95 Å². The maximum atomic E-state index is 5.87. The summed E-state index contributed by atoms with van der Waals surface area (Å²) >= 11 is 0. The number of anilines is 1. The molecule has 1 heterocycles. The molecule has 184 valence electrons. The number of aromatic nitrogens is 2. The minimum Gasteiger partial charge on any atom is -0.494 e.